The van der Waals surface area contributed by atoms with Crippen LogP contribution in [0.1, 0.15) is 5.69 Å². The number of halogens is 1. The molecule has 6 N–H and O–H groups in total. The second-order valence-corrected chi connectivity index (χ2v) is 9.19. The summed E-state index contributed by atoms with van der Waals surface area (Å²) in [6.07, 6.45) is 0. The number of carboxylic acid groups (broad SMARTS) is 1. The van der Waals surface area contributed by atoms with Crippen LogP contribution in [0.25, 0.3) is 0 Å². The Balaban J connectivity index is 2.20. The number of carbonyl (C=O) groups excluding carboxylic acids is 3. The summed E-state index contributed by atoms with van der Waals surface area (Å²) < 4.78 is 44.5. The summed E-state index contributed by atoms with van der Waals surface area (Å²) in [6, 6.07) is -2.89. The third-order valence-electron chi connectivity index (χ3n) is 3.78. The van der Waals surface area contributed by atoms with Gasteiger partial charge in [-0.05, 0) is 0 Å². The number of aliphatic carboxylic acids is 1. The number of carboxylic acids is 1. The van der Waals surface area contributed by atoms with Crippen molar-refractivity contribution in [2.75, 3.05) is 31.3 Å². The fourth-order valence-corrected chi connectivity index (χ4v) is 4.84. The van der Waals surface area contributed by atoms with E-state index in [1.54, 1.807) is 0 Å². The number of anilines is 1. The molecule has 19 heteroatoms. The largest absolute Gasteiger partial charge is 0.479 e. The maximum atomic E-state index is 12.7. The lowest BCUT2D eigenvalue weighted by Gasteiger charge is -2.43. The highest BCUT2D eigenvalue weighted by atomic mass is 32.2. The molecule has 0 spiro atoms. The number of nitrogens with zero attached hydrogens (tertiary/aromatic N) is 3. The van der Waals surface area contributed by atoms with Gasteiger partial charge in [0.05, 0.1) is 6.04 Å². The Kier molecular flexibility index (Phi) is 8.91. The maximum absolute atomic E-state index is 12.7. The maximum Gasteiger partial charge on any atom is 0.362 e. The summed E-state index contributed by atoms with van der Waals surface area (Å²) in [7, 11) is -5.01. The van der Waals surface area contributed by atoms with Crippen molar-refractivity contribution in [3.8, 4) is 0 Å². The van der Waals surface area contributed by atoms with Crippen LogP contribution in [0.3, 0.4) is 0 Å². The number of hydrogen-bond donors (Lipinski definition) is 5. The minimum atomic E-state index is -5.01. The van der Waals surface area contributed by atoms with Crippen molar-refractivity contribution in [1.29, 1.82) is 0 Å². The van der Waals surface area contributed by atoms with Crippen LogP contribution in [0.15, 0.2) is 10.5 Å². The first kappa shape index (κ1) is 26.2. The molecule has 0 radical (unpaired) electrons. The third kappa shape index (κ3) is 6.97. The topological polar surface area (TPSA) is 231 Å². The molecule has 182 valence electrons. The van der Waals surface area contributed by atoms with E-state index in [0.717, 1.165) is 11.3 Å². The average Bonchev–Trinajstić information content (AvgIpc) is 3.14. The molecule has 2 heterocycles. The summed E-state index contributed by atoms with van der Waals surface area (Å²) in [4.78, 5) is 55.6. The number of amides is 3. The van der Waals surface area contributed by atoms with E-state index in [1.165, 1.54) is 5.38 Å². The van der Waals surface area contributed by atoms with Gasteiger partial charge in [0.1, 0.15) is 18.4 Å². The van der Waals surface area contributed by atoms with Crippen LogP contribution in [0.5, 0.6) is 0 Å². The smallest absolute Gasteiger partial charge is 0.362 e. The SMILES string of the molecule is Nc1nc(/C(=N/OCC(=O)O)C(=O)N[C@@H]2C(=O)N(S(=O)(=O)O)[C@@H]2CSC(=O)NCCF)cs1. The molecular weight excluding hydrogens is 511 g/mol. The van der Waals surface area contributed by atoms with Crippen LogP contribution >= 0.6 is 23.1 Å². The quantitative estimate of drug-likeness (QED) is 0.0950. The van der Waals surface area contributed by atoms with E-state index in [1.807, 2.05) is 0 Å². The normalized spacial score (nSPS) is 18.4. The number of oxime groups is 1. The van der Waals surface area contributed by atoms with Crippen LogP contribution in [-0.4, -0.2) is 93.8 Å². The number of β-lactam (4-membered cyclic amide) rings is 1. The molecule has 2 rings (SSSR count). The fourth-order valence-electron chi connectivity index (χ4n) is 2.45. The minimum Gasteiger partial charge on any atom is -0.479 e. The van der Waals surface area contributed by atoms with Gasteiger partial charge in [-0.3, -0.25) is 18.9 Å². The molecular formula is C14H17FN6O9S3. The molecule has 15 nitrogen and oxygen atoms in total. The lowest BCUT2D eigenvalue weighted by molar-refractivity contribution is -0.143. The van der Waals surface area contributed by atoms with Crippen LogP contribution in [0.2, 0.25) is 0 Å². The lowest BCUT2D eigenvalue weighted by atomic mass is 10.0. The average molecular weight is 529 g/mol. The van der Waals surface area contributed by atoms with Crippen LogP contribution in [0, 0.1) is 0 Å². The van der Waals surface area contributed by atoms with Gasteiger partial charge >= 0.3 is 16.3 Å². The second kappa shape index (κ2) is 11.2. The molecule has 1 aromatic rings. The predicted octanol–water partition coefficient (Wildman–Crippen LogP) is -1.56. The first-order valence-electron chi connectivity index (χ1n) is 8.67. The van der Waals surface area contributed by atoms with Crippen molar-refractivity contribution >= 4 is 67.3 Å². The number of aromatic nitrogens is 1. The highest BCUT2D eigenvalue weighted by Crippen LogP contribution is 2.27. The van der Waals surface area contributed by atoms with Crippen LogP contribution in [-0.2, 0) is 29.5 Å². The number of thiazole rings is 1. The summed E-state index contributed by atoms with van der Waals surface area (Å²) in [5.74, 6) is -4.09. The van der Waals surface area contributed by atoms with Crippen molar-refractivity contribution in [3.05, 3.63) is 11.1 Å². The Morgan fingerprint density at radius 1 is 1.42 bits per heavy atom. The molecule has 1 aliphatic heterocycles. The fraction of sp³-hybridized carbons (Fsp3) is 0.429. The zero-order valence-electron chi connectivity index (χ0n) is 16.3. The zero-order valence-corrected chi connectivity index (χ0v) is 18.8. The van der Waals surface area contributed by atoms with E-state index < -0.39 is 64.4 Å². The number of thioether (sulfide) groups is 1. The first-order chi connectivity index (χ1) is 15.5. The lowest BCUT2D eigenvalue weighted by Crippen LogP contribution is -2.73. The summed E-state index contributed by atoms with van der Waals surface area (Å²) in [5.41, 5.74) is 4.84. The Morgan fingerprint density at radius 3 is 2.67 bits per heavy atom. The standard InChI is InChI=1S/C14H17FN6O9S3/c15-1-2-17-14(26)32-5-7-10(12(25)21(7)33(27,28)29)19-11(24)9(20-30-3-8(22)23)6-4-31-13(16)18-6/h4,7,10H,1-3,5H2,(H2,16,18)(H,17,26)(H,19,24)(H,22,23)(H,27,28,29)/b20-9-/t7-,10+/m1/s1. The van der Waals surface area contributed by atoms with Crippen LogP contribution in [0.4, 0.5) is 14.3 Å². The minimum absolute atomic E-state index is 0.0366. The number of nitrogen functional groups attached to an aromatic ring is 1. The van der Waals surface area contributed by atoms with E-state index in [-0.39, 0.29) is 27.4 Å². The highest BCUT2D eigenvalue weighted by molar-refractivity contribution is 8.13. The number of carbonyl (C=O) groups is 4. The van der Waals surface area contributed by atoms with Gasteiger partial charge < -0.3 is 26.3 Å². The van der Waals surface area contributed by atoms with Gasteiger partial charge in [-0.1, -0.05) is 16.9 Å². The van der Waals surface area contributed by atoms with Gasteiger partial charge in [-0.15, -0.1) is 11.3 Å². The van der Waals surface area contributed by atoms with Gasteiger partial charge in [0.15, 0.2) is 10.8 Å². The van der Waals surface area contributed by atoms with Gasteiger partial charge in [0.2, 0.25) is 6.61 Å². The zero-order chi connectivity index (χ0) is 24.8. The number of nitrogens with one attached hydrogen (secondary N) is 2. The molecule has 3 amide bonds. The molecule has 1 aromatic heterocycles. The van der Waals surface area contributed by atoms with Gasteiger partial charge in [0.25, 0.3) is 17.1 Å². The molecule has 0 aliphatic carbocycles. The highest BCUT2D eigenvalue weighted by Gasteiger charge is 2.54. The van der Waals surface area contributed by atoms with Gasteiger partial charge in [0, 0.05) is 17.7 Å². The molecule has 1 aliphatic rings. The van der Waals surface area contributed by atoms with Crippen molar-refractivity contribution in [2.45, 2.75) is 12.1 Å². The molecule has 1 saturated heterocycles. The van der Waals surface area contributed by atoms with E-state index in [9.17, 15) is 36.5 Å². The third-order valence-corrected chi connectivity index (χ3v) is 6.31. The first-order valence-corrected chi connectivity index (χ1v) is 11.9. The van der Waals surface area contributed by atoms with E-state index in [2.05, 4.69) is 25.6 Å². The molecule has 0 aromatic carbocycles. The molecule has 33 heavy (non-hydrogen) atoms. The Hall–Kier alpha value is -3.03. The van der Waals surface area contributed by atoms with E-state index in [4.69, 9.17) is 10.8 Å². The Labute approximate surface area is 193 Å². The number of nitrogens with two attached hydrogens (primary N) is 1. The van der Waals surface area contributed by atoms with Crippen molar-refractivity contribution < 1.29 is 46.5 Å². The van der Waals surface area contributed by atoms with Crippen molar-refractivity contribution in [3.63, 3.8) is 0 Å². The molecule has 2 atom stereocenters. The van der Waals surface area contributed by atoms with Crippen LogP contribution < -0.4 is 16.4 Å². The number of alkyl halides is 1. The molecule has 0 bridgehead atoms. The number of rotatable bonds is 11. The van der Waals surface area contributed by atoms with Gasteiger partial charge in [-0.2, -0.15) is 8.42 Å². The molecule has 1 fully saturated rings. The van der Waals surface area contributed by atoms with Crippen molar-refractivity contribution in [1.82, 2.24) is 19.9 Å². The van der Waals surface area contributed by atoms with E-state index >= 15 is 0 Å². The molecule has 0 unspecified atom stereocenters. The summed E-state index contributed by atoms with van der Waals surface area (Å²) >= 11 is 1.42. The second-order valence-electron chi connectivity index (χ2n) is 6.02. The summed E-state index contributed by atoms with van der Waals surface area (Å²) in [5, 5.41) is 17.0. The molecule has 0 saturated carbocycles. The van der Waals surface area contributed by atoms with Crippen molar-refractivity contribution in [2.24, 2.45) is 5.16 Å². The monoisotopic (exact) mass is 528 g/mol. The van der Waals surface area contributed by atoms with E-state index in [0.29, 0.717) is 11.8 Å². The number of hydrogen-bond acceptors (Lipinski definition) is 12. The van der Waals surface area contributed by atoms with Gasteiger partial charge in [-0.25, -0.2) is 18.5 Å². The summed E-state index contributed by atoms with van der Waals surface area (Å²) in [6.45, 7) is -2.02. The Morgan fingerprint density at radius 2 is 2.12 bits per heavy atom. The Bertz CT molecular complexity index is 1060. The predicted molar refractivity (Wildman–Crippen MR) is 113 cm³/mol.